The van der Waals surface area contributed by atoms with Crippen molar-refractivity contribution in [1.82, 2.24) is 0 Å². The van der Waals surface area contributed by atoms with E-state index in [9.17, 15) is 8.42 Å². The van der Waals surface area contributed by atoms with Crippen LogP contribution in [0.15, 0.2) is 29.2 Å². The van der Waals surface area contributed by atoms with Crippen LogP contribution >= 0.6 is 14.8 Å². The van der Waals surface area contributed by atoms with Crippen molar-refractivity contribution in [2.45, 2.75) is 4.90 Å². The first-order valence-electron chi connectivity index (χ1n) is 2.51. The number of hydrogen-bond donors (Lipinski definition) is 0. The maximum absolute atomic E-state index is 10.7. The molecule has 0 saturated heterocycles. The van der Waals surface area contributed by atoms with Crippen LogP contribution in [0, 0.1) is 6.07 Å². The second-order valence-corrected chi connectivity index (χ2v) is 5.58. The largest absolute Gasteiger partial charge is 0.237 e. The van der Waals surface area contributed by atoms with Crippen molar-refractivity contribution in [2.75, 3.05) is 0 Å². The van der Waals surface area contributed by atoms with Gasteiger partial charge < -0.3 is 0 Å². The normalized spacial score (nSPS) is 11.3. The molecular weight excluding hydrogens is 216 g/mol. The highest BCUT2D eigenvalue weighted by atomic mass is 79.9. The van der Waals surface area contributed by atoms with Gasteiger partial charge in [0, 0.05) is 0 Å². The van der Waals surface area contributed by atoms with Gasteiger partial charge in [0.05, 0.1) is 19.7 Å². The van der Waals surface area contributed by atoms with Gasteiger partial charge in [-0.2, -0.15) is 0 Å². The van der Waals surface area contributed by atoms with Crippen LogP contribution in [0.3, 0.4) is 0 Å². The zero-order valence-corrected chi connectivity index (χ0v) is 7.31. The lowest BCUT2D eigenvalue weighted by molar-refractivity contribution is 0.611. The van der Waals surface area contributed by atoms with Crippen LogP contribution in [0.1, 0.15) is 0 Å². The quantitative estimate of drug-likeness (QED) is 0.673. The Labute approximate surface area is 67.0 Å². The zero-order valence-electron chi connectivity index (χ0n) is 4.91. The van der Waals surface area contributed by atoms with E-state index in [2.05, 4.69) is 20.9 Å². The maximum atomic E-state index is 10.7. The second kappa shape index (κ2) is 2.72. The second-order valence-electron chi connectivity index (χ2n) is 1.67. The highest BCUT2D eigenvalue weighted by Crippen LogP contribution is 2.14. The first-order chi connectivity index (χ1) is 4.61. The van der Waals surface area contributed by atoms with E-state index in [1.165, 1.54) is 12.1 Å². The van der Waals surface area contributed by atoms with Crippen LogP contribution < -0.4 is 0 Å². The minimum Gasteiger partial charge on any atom is -0.212 e. The van der Waals surface area contributed by atoms with Crippen molar-refractivity contribution in [3.8, 4) is 0 Å². The monoisotopic (exact) mass is 219 g/mol. The van der Waals surface area contributed by atoms with Crippen molar-refractivity contribution in [3.63, 3.8) is 0 Å². The molecule has 0 heterocycles. The van der Waals surface area contributed by atoms with Gasteiger partial charge in [0.2, 0.25) is 8.27 Å². The molecule has 4 heteroatoms. The van der Waals surface area contributed by atoms with Gasteiger partial charge >= 0.3 is 0 Å². The lowest BCUT2D eigenvalue weighted by Crippen LogP contribution is -1.87. The number of benzene rings is 1. The molecule has 0 aromatic heterocycles. The summed E-state index contributed by atoms with van der Waals surface area (Å²) < 4.78 is 21.5. The molecule has 0 atom stereocenters. The molecular formula is C6H4BrO2S. The zero-order chi connectivity index (χ0) is 7.61. The Balaban J connectivity index is 3.22. The topological polar surface area (TPSA) is 34.1 Å². The lowest BCUT2D eigenvalue weighted by Gasteiger charge is -1.91. The Bertz CT molecular complexity index is 304. The molecule has 0 N–H and O–H groups in total. The first kappa shape index (κ1) is 7.75. The van der Waals surface area contributed by atoms with E-state index in [4.69, 9.17) is 0 Å². The minimum absolute atomic E-state index is 0.256. The SMILES string of the molecule is O=S(=O)(Br)c1cc[c]cc1. The van der Waals surface area contributed by atoms with E-state index in [0.717, 1.165) is 0 Å². The molecule has 0 amide bonds. The van der Waals surface area contributed by atoms with Gasteiger partial charge in [0.1, 0.15) is 0 Å². The third-order valence-electron chi connectivity index (χ3n) is 0.969. The summed E-state index contributed by atoms with van der Waals surface area (Å²) in [5.41, 5.74) is 0. The Kier molecular flexibility index (Phi) is 2.11. The molecule has 10 heavy (non-hydrogen) atoms. The Morgan fingerprint density at radius 3 is 2.10 bits per heavy atom. The van der Waals surface area contributed by atoms with Crippen LogP contribution in [-0.4, -0.2) is 8.42 Å². The summed E-state index contributed by atoms with van der Waals surface area (Å²) in [5.74, 6) is 0. The number of rotatable bonds is 1. The molecule has 1 aromatic carbocycles. The molecule has 0 spiro atoms. The average Bonchev–Trinajstić information content (AvgIpc) is 1.88. The number of hydrogen-bond acceptors (Lipinski definition) is 2. The summed E-state index contributed by atoms with van der Waals surface area (Å²) >= 11 is 2.54. The smallest absolute Gasteiger partial charge is 0.212 e. The van der Waals surface area contributed by atoms with Gasteiger partial charge in [-0.1, -0.05) is 12.1 Å². The molecule has 53 valence electrons. The van der Waals surface area contributed by atoms with E-state index >= 15 is 0 Å². The molecule has 0 aliphatic carbocycles. The molecule has 0 saturated carbocycles. The van der Waals surface area contributed by atoms with E-state index in [0.29, 0.717) is 0 Å². The van der Waals surface area contributed by atoms with Gasteiger partial charge in [-0.05, 0) is 18.2 Å². The molecule has 1 aromatic rings. The third-order valence-corrected chi connectivity index (χ3v) is 2.93. The van der Waals surface area contributed by atoms with E-state index < -0.39 is 8.27 Å². The van der Waals surface area contributed by atoms with Crippen molar-refractivity contribution in [3.05, 3.63) is 30.3 Å². The fourth-order valence-corrected chi connectivity index (χ4v) is 1.64. The summed E-state index contributed by atoms with van der Waals surface area (Å²) in [7, 11) is -3.21. The van der Waals surface area contributed by atoms with Gasteiger partial charge in [0.15, 0.2) is 0 Å². The maximum Gasteiger partial charge on any atom is 0.237 e. The standard InChI is InChI=1S/C6H4BrO2S/c7-10(8,9)6-4-2-1-3-5-6/h2-5H. The van der Waals surface area contributed by atoms with Crippen molar-refractivity contribution in [1.29, 1.82) is 0 Å². The van der Waals surface area contributed by atoms with Crippen molar-refractivity contribution >= 4 is 23.1 Å². The predicted octanol–water partition coefficient (Wildman–Crippen LogP) is 1.57. The summed E-state index contributed by atoms with van der Waals surface area (Å²) in [4.78, 5) is 0.256. The minimum atomic E-state index is -3.21. The van der Waals surface area contributed by atoms with Crippen LogP contribution in [0.25, 0.3) is 0 Å². The van der Waals surface area contributed by atoms with Crippen molar-refractivity contribution in [2.24, 2.45) is 0 Å². The van der Waals surface area contributed by atoms with Gasteiger partial charge in [-0.15, -0.1) is 0 Å². The molecule has 2 nitrogen and oxygen atoms in total. The first-order valence-corrected chi connectivity index (χ1v) is 5.84. The molecule has 0 fully saturated rings. The molecule has 0 bridgehead atoms. The summed E-state index contributed by atoms with van der Waals surface area (Å²) in [6.45, 7) is 0. The van der Waals surface area contributed by atoms with Crippen LogP contribution in [0.2, 0.25) is 0 Å². The molecule has 1 radical (unpaired) electrons. The Morgan fingerprint density at radius 1 is 1.30 bits per heavy atom. The fraction of sp³-hybridized carbons (Fsp3) is 0. The fourth-order valence-electron chi connectivity index (χ4n) is 0.534. The highest BCUT2D eigenvalue weighted by molar-refractivity contribution is 9.47. The summed E-state index contributed by atoms with van der Waals surface area (Å²) in [6, 6.07) is 8.77. The average molecular weight is 220 g/mol. The predicted molar refractivity (Wildman–Crippen MR) is 41.4 cm³/mol. The van der Waals surface area contributed by atoms with Gasteiger partial charge in [0.25, 0.3) is 0 Å². The highest BCUT2D eigenvalue weighted by Gasteiger charge is 2.05. The van der Waals surface area contributed by atoms with Crippen LogP contribution in [0.5, 0.6) is 0 Å². The van der Waals surface area contributed by atoms with Crippen LogP contribution in [0.4, 0.5) is 0 Å². The Hall–Kier alpha value is -0.350. The Morgan fingerprint density at radius 2 is 1.80 bits per heavy atom. The third kappa shape index (κ3) is 1.82. The van der Waals surface area contributed by atoms with Crippen LogP contribution in [-0.2, 0) is 8.27 Å². The van der Waals surface area contributed by atoms with Gasteiger partial charge in [-0.25, -0.2) is 8.42 Å². The molecule has 0 unspecified atom stereocenters. The van der Waals surface area contributed by atoms with E-state index in [1.807, 2.05) is 0 Å². The number of halogens is 1. The molecule has 1 rings (SSSR count). The van der Waals surface area contributed by atoms with Gasteiger partial charge in [-0.3, -0.25) is 0 Å². The lowest BCUT2D eigenvalue weighted by atomic mass is 10.4. The van der Waals surface area contributed by atoms with Crippen molar-refractivity contribution < 1.29 is 8.42 Å². The summed E-state index contributed by atoms with van der Waals surface area (Å²) in [5, 5.41) is 0. The van der Waals surface area contributed by atoms with E-state index in [-0.39, 0.29) is 4.90 Å². The summed E-state index contributed by atoms with van der Waals surface area (Å²) in [6.07, 6.45) is 0. The molecule has 0 aliphatic rings. The van der Waals surface area contributed by atoms with E-state index in [1.54, 1.807) is 12.1 Å². The molecule has 0 aliphatic heterocycles.